The number of nitrogen functional groups attached to an aromatic ring is 1. The van der Waals surface area contributed by atoms with Gasteiger partial charge in [0.1, 0.15) is 11.5 Å². The lowest BCUT2D eigenvalue weighted by Gasteiger charge is -2.07. The van der Waals surface area contributed by atoms with Gasteiger partial charge in [-0.15, -0.1) is 11.3 Å². The summed E-state index contributed by atoms with van der Waals surface area (Å²) in [7, 11) is 0. The lowest BCUT2D eigenvalue weighted by molar-refractivity contribution is 0.844. The Morgan fingerprint density at radius 3 is 2.38 bits per heavy atom. The van der Waals surface area contributed by atoms with Crippen LogP contribution in [0.25, 0.3) is 20.8 Å². The van der Waals surface area contributed by atoms with Crippen molar-refractivity contribution in [2.45, 2.75) is 81.1 Å². The van der Waals surface area contributed by atoms with Crippen LogP contribution in [0.2, 0.25) is 0 Å². The van der Waals surface area contributed by atoms with Crippen LogP contribution < -0.4 is 5.84 Å². The number of nitrogens with two attached hydrogens (primary N) is 1. The molecule has 0 atom stereocenters. The Labute approximate surface area is 180 Å². The molecular weight excluding hydrogens is 376 g/mol. The predicted octanol–water partition coefficient (Wildman–Crippen LogP) is 7.22. The monoisotopic (exact) mass is 414 g/mol. The van der Waals surface area contributed by atoms with Gasteiger partial charge in [0.15, 0.2) is 0 Å². The fraction of sp³-hybridized carbons (Fsp3) is 0.500. The third kappa shape index (κ3) is 5.92. The molecule has 4 nitrogen and oxygen atoms in total. The second-order valence-electron chi connectivity index (χ2n) is 6.75. The number of rotatable bonds is 5. The molecular formula is C24H38N4S. The maximum Gasteiger partial charge on any atom is 0.132 e. The maximum absolute atomic E-state index is 6.44. The summed E-state index contributed by atoms with van der Waals surface area (Å²) >= 11 is 1.74. The van der Waals surface area contributed by atoms with E-state index in [2.05, 4.69) is 51.7 Å². The molecule has 3 aromatic heterocycles. The fourth-order valence-electron chi connectivity index (χ4n) is 3.11. The van der Waals surface area contributed by atoms with E-state index in [1.807, 2.05) is 33.0 Å². The molecule has 0 spiro atoms. The van der Waals surface area contributed by atoms with Crippen LogP contribution in [0, 0.1) is 13.8 Å². The third-order valence-corrected chi connectivity index (χ3v) is 5.64. The van der Waals surface area contributed by atoms with E-state index in [-0.39, 0.29) is 0 Å². The second kappa shape index (κ2) is 12.4. The van der Waals surface area contributed by atoms with Gasteiger partial charge in [0.25, 0.3) is 0 Å². The molecule has 0 unspecified atom stereocenters. The van der Waals surface area contributed by atoms with Gasteiger partial charge in [-0.1, -0.05) is 59.6 Å². The highest BCUT2D eigenvalue weighted by atomic mass is 32.1. The van der Waals surface area contributed by atoms with Crippen LogP contribution in [-0.2, 0) is 6.42 Å². The first kappa shape index (κ1) is 24.9. The molecule has 0 aliphatic carbocycles. The minimum Gasteiger partial charge on any atom is -0.337 e. The van der Waals surface area contributed by atoms with Crippen LogP contribution in [-0.4, -0.2) is 14.6 Å². The molecule has 0 saturated heterocycles. The minimum atomic E-state index is 0.809. The van der Waals surface area contributed by atoms with Gasteiger partial charge in [-0.2, -0.15) is 0 Å². The molecule has 29 heavy (non-hydrogen) atoms. The second-order valence-corrected chi connectivity index (χ2v) is 7.80. The van der Waals surface area contributed by atoms with E-state index in [4.69, 9.17) is 10.8 Å². The largest absolute Gasteiger partial charge is 0.337 e. The molecule has 3 rings (SSSR count). The first-order valence-corrected chi connectivity index (χ1v) is 11.7. The number of allylic oxidation sites excluding steroid dienone is 2. The van der Waals surface area contributed by atoms with Crippen LogP contribution in [0.15, 0.2) is 30.0 Å². The molecule has 3 heterocycles. The Morgan fingerprint density at radius 1 is 1.17 bits per heavy atom. The normalized spacial score (nSPS) is 11.0. The van der Waals surface area contributed by atoms with Gasteiger partial charge < -0.3 is 5.84 Å². The van der Waals surface area contributed by atoms with Gasteiger partial charge in [-0.05, 0) is 44.4 Å². The maximum atomic E-state index is 6.44. The summed E-state index contributed by atoms with van der Waals surface area (Å²) < 4.78 is 2.96. The van der Waals surface area contributed by atoms with Gasteiger partial charge in [-0.25, -0.2) is 9.66 Å². The van der Waals surface area contributed by atoms with Crippen molar-refractivity contribution >= 4 is 21.6 Å². The van der Waals surface area contributed by atoms with Gasteiger partial charge in [0, 0.05) is 12.6 Å². The molecule has 0 radical (unpaired) electrons. The summed E-state index contributed by atoms with van der Waals surface area (Å²) in [5, 5.41) is 0. The molecule has 160 valence electrons. The molecule has 3 aromatic rings. The first-order chi connectivity index (χ1) is 14.0. The van der Waals surface area contributed by atoms with Crippen LogP contribution in [0.1, 0.15) is 77.9 Å². The van der Waals surface area contributed by atoms with Gasteiger partial charge in [0.2, 0.25) is 0 Å². The van der Waals surface area contributed by atoms with Crippen molar-refractivity contribution in [3.8, 4) is 10.6 Å². The molecule has 0 aliphatic heterocycles. The number of pyridine rings is 1. The number of hydrogen-bond donors (Lipinski definition) is 1. The first-order valence-electron chi connectivity index (χ1n) is 10.8. The van der Waals surface area contributed by atoms with Gasteiger partial charge in [0.05, 0.1) is 20.8 Å². The Bertz CT molecular complexity index is 918. The third-order valence-electron chi connectivity index (χ3n) is 4.38. The number of nitrogens with zero attached hydrogens (tertiary/aromatic N) is 3. The van der Waals surface area contributed by atoms with Gasteiger partial charge in [-0.3, -0.25) is 4.98 Å². The van der Waals surface area contributed by atoms with Crippen molar-refractivity contribution in [1.29, 1.82) is 0 Å². The van der Waals surface area contributed by atoms with Gasteiger partial charge >= 0.3 is 0 Å². The van der Waals surface area contributed by atoms with Crippen molar-refractivity contribution in [2.75, 3.05) is 5.84 Å². The zero-order valence-electron chi connectivity index (χ0n) is 19.5. The lowest BCUT2D eigenvalue weighted by atomic mass is 10.1. The molecule has 0 bridgehead atoms. The van der Waals surface area contributed by atoms with E-state index < -0.39 is 0 Å². The Kier molecular flexibility index (Phi) is 10.7. The Morgan fingerprint density at radius 2 is 1.83 bits per heavy atom. The molecule has 0 aliphatic rings. The van der Waals surface area contributed by atoms with Crippen molar-refractivity contribution in [1.82, 2.24) is 14.6 Å². The van der Waals surface area contributed by atoms with Crippen molar-refractivity contribution < 1.29 is 0 Å². The van der Waals surface area contributed by atoms with Crippen molar-refractivity contribution in [2.24, 2.45) is 0 Å². The van der Waals surface area contributed by atoms with E-state index in [9.17, 15) is 0 Å². The van der Waals surface area contributed by atoms with Crippen LogP contribution in [0.5, 0.6) is 0 Å². The standard InChI is InChI=1S/C19H24N4S.C3H8.C2H6/c1-5-8-14(6-2)11-16-22-13(4)18(23(16)20)19-12(3)17-15(24-19)9-7-10-21-17;1-3-2;1-2/h7-10H,5-6,11,20H2,1-4H3;3H2,1-2H3;1-2H3/b14-8-;;. The number of aryl methyl sites for hydroxylation is 2. The van der Waals surface area contributed by atoms with Crippen molar-refractivity contribution in [3.05, 3.63) is 47.1 Å². The summed E-state index contributed by atoms with van der Waals surface area (Å²) in [5.74, 6) is 7.36. The number of imidazole rings is 1. The zero-order chi connectivity index (χ0) is 22.0. The van der Waals surface area contributed by atoms with E-state index >= 15 is 0 Å². The number of fused-ring (bicyclic) bond motifs is 1. The predicted molar refractivity (Wildman–Crippen MR) is 130 cm³/mol. The number of aromatic nitrogens is 3. The Hall–Kier alpha value is -2.14. The molecule has 0 fully saturated rings. The summed E-state index contributed by atoms with van der Waals surface area (Å²) in [6.07, 6.45) is 8.25. The fourth-order valence-corrected chi connectivity index (χ4v) is 4.37. The van der Waals surface area contributed by atoms with E-state index in [1.54, 1.807) is 16.0 Å². The van der Waals surface area contributed by atoms with Crippen LogP contribution >= 0.6 is 11.3 Å². The van der Waals surface area contributed by atoms with Crippen LogP contribution in [0.4, 0.5) is 0 Å². The average Bonchev–Trinajstić information content (AvgIpc) is 3.19. The highest BCUT2D eigenvalue weighted by Crippen LogP contribution is 2.38. The number of thiophene rings is 1. The summed E-state index contributed by atoms with van der Waals surface area (Å²) in [6, 6.07) is 4.08. The molecule has 0 saturated carbocycles. The van der Waals surface area contributed by atoms with Crippen molar-refractivity contribution in [3.63, 3.8) is 0 Å². The molecule has 2 N–H and O–H groups in total. The zero-order valence-corrected chi connectivity index (χ0v) is 20.3. The molecule has 0 amide bonds. The smallest absolute Gasteiger partial charge is 0.132 e. The molecule has 5 heteroatoms. The van der Waals surface area contributed by atoms with E-state index in [1.165, 1.54) is 27.1 Å². The summed E-state index contributed by atoms with van der Waals surface area (Å²) in [6.45, 7) is 16.7. The number of hydrogen-bond acceptors (Lipinski definition) is 4. The summed E-state index contributed by atoms with van der Waals surface area (Å²) in [5.41, 5.74) is 5.61. The molecule has 0 aromatic carbocycles. The topological polar surface area (TPSA) is 56.7 Å². The van der Waals surface area contributed by atoms with E-state index in [0.717, 1.165) is 42.0 Å². The minimum absolute atomic E-state index is 0.809. The quantitative estimate of drug-likeness (QED) is 0.354. The van der Waals surface area contributed by atoms with E-state index in [0.29, 0.717) is 0 Å². The Balaban J connectivity index is 0.000000771. The highest BCUT2D eigenvalue weighted by Gasteiger charge is 2.20. The SMILES string of the molecule is CC.CC/C=C(/CC)Cc1nc(C)c(-c2sc3cccnc3c2C)n1N.CCC. The average molecular weight is 415 g/mol. The lowest BCUT2D eigenvalue weighted by Crippen LogP contribution is -2.14. The highest BCUT2D eigenvalue weighted by molar-refractivity contribution is 7.22. The summed E-state index contributed by atoms with van der Waals surface area (Å²) in [4.78, 5) is 10.4. The van der Waals surface area contributed by atoms with Crippen LogP contribution in [0.3, 0.4) is 0 Å².